The van der Waals surface area contributed by atoms with Gasteiger partial charge in [-0.2, -0.15) is 0 Å². The monoisotopic (exact) mass is 397 g/mol. The van der Waals surface area contributed by atoms with Gasteiger partial charge in [0, 0.05) is 20.8 Å². The first-order valence-electron chi connectivity index (χ1n) is 6.39. The SMILES string of the molecule is Cc1ccc(SCCNC(=O)c2ccccc2I)cc1. The molecule has 20 heavy (non-hydrogen) atoms. The van der Waals surface area contributed by atoms with Crippen LogP contribution in [0.2, 0.25) is 0 Å². The maximum Gasteiger partial charge on any atom is 0.252 e. The quantitative estimate of drug-likeness (QED) is 0.467. The molecule has 0 saturated carbocycles. The fourth-order valence-electron chi connectivity index (χ4n) is 1.71. The minimum atomic E-state index is -0.000457. The minimum absolute atomic E-state index is 0.000457. The number of hydrogen-bond donors (Lipinski definition) is 1. The normalized spacial score (nSPS) is 10.3. The van der Waals surface area contributed by atoms with Gasteiger partial charge in [0.25, 0.3) is 5.91 Å². The fourth-order valence-corrected chi connectivity index (χ4v) is 3.11. The van der Waals surface area contributed by atoms with Crippen molar-refractivity contribution in [3.63, 3.8) is 0 Å². The van der Waals surface area contributed by atoms with Crippen molar-refractivity contribution in [3.8, 4) is 0 Å². The highest BCUT2D eigenvalue weighted by Crippen LogP contribution is 2.17. The van der Waals surface area contributed by atoms with Crippen LogP contribution in [-0.4, -0.2) is 18.2 Å². The van der Waals surface area contributed by atoms with Crippen molar-refractivity contribution in [2.24, 2.45) is 0 Å². The second-order valence-corrected chi connectivity index (χ2v) is 6.73. The Hall–Kier alpha value is -1.01. The number of halogens is 1. The first kappa shape index (κ1) is 15.4. The van der Waals surface area contributed by atoms with Crippen molar-refractivity contribution in [1.29, 1.82) is 0 Å². The third kappa shape index (κ3) is 4.52. The number of benzene rings is 2. The number of aryl methyl sites for hydroxylation is 1. The molecule has 0 spiro atoms. The van der Waals surface area contributed by atoms with Gasteiger partial charge in [-0.05, 0) is 53.8 Å². The third-order valence-electron chi connectivity index (χ3n) is 2.80. The van der Waals surface area contributed by atoms with E-state index in [2.05, 4.69) is 59.1 Å². The van der Waals surface area contributed by atoms with Crippen LogP contribution in [0, 0.1) is 10.5 Å². The Labute approximate surface area is 137 Å². The van der Waals surface area contributed by atoms with Gasteiger partial charge in [-0.15, -0.1) is 11.8 Å². The zero-order valence-corrected chi connectivity index (χ0v) is 14.2. The lowest BCUT2D eigenvalue weighted by atomic mass is 10.2. The van der Waals surface area contributed by atoms with Crippen LogP contribution < -0.4 is 5.32 Å². The first-order chi connectivity index (χ1) is 9.66. The van der Waals surface area contributed by atoms with Gasteiger partial charge in [0.1, 0.15) is 0 Å². The van der Waals surface area contributed by atoms with Crippen molar-refractivity contribution in [2.45, 2.75) is 11.8 Å². The summed E-state index contributed by atoms with van der Waals surface area (Å²) >= 11 is 3.94. The Morgan fingerprint density at radius 2 is 1.85 bits per heavy atom. The molecule has 2 nitrogen and oxygen atoms in total. The van der Waals surface area contributed by atoms with E-state index in [0.29, 0.717) is 6.54 Å². The van der Waals surface area contributed by atoms with Crippen LogP contribution in [-0.2, 0) is 0 Å². The summed E-state index contributed by atoms with van der Waals surface area (Å²) in [7, 11) is 0. The predicted octanol–water partition coefficient (Wildman–Crippen LogP) is 4.12. The summed E-state index contributed by atoms with van der Waals surface area (Å²) in [5.74, 6) is 0.873. The van der Waals surface area contributed by atoms with E-state index in [-0.39, 0.29) is 5.91 Å². The average Bonchev–Trinajstić information content (AvgIpc) is 2.46. The topological polar surface area (TPSA) is 29.1 Å². The maximum absolute atomic E-state index is 12.0. The van der Waals surface area contributed by atoms with Gasteiger partial charge in [0.2, 0.25) is 0 Å². The second-order valence-electron chi connectivity index (χ2n) is 4.40. The minimum Gasteiger partial charge on any atom is -0.351 e. The fraction of sp³-hybridized carbons (Fsp3) is 0.188. The first-order valence-corrected chi connectivity index (χ1v) is 8.45. The second kappa shape index (κ2) is 7.69. The van der Waals surface area contributed by atoms with Crippen molar-refractivity contribution >= 4 is 40.3 Å². The number of carbonyl (C=O) groups is 1. The molecule has 0 bridgehead atoms. The summed E-state index contributed by atoms with van der Waals surface area (Å²) < 4.78 is 0.980. The van der Waals surface area contributed by atoms with E-state index in [1.54, 1.807) is 11.8 Å². The molecule has 0 radical (unpaired) electrons. The van der Waals surface area contributed by atoms with Crippen molar-refractivity contribution < 1.29 is 4.79 Å². The van der Waals surface area contributed by atoms with Gasteiger partial charge < -0.3 is 5.32 Å². The van der Waals surface area contributed by atoms with E-state index >= 15 is 0 Å². The maximum atomic E-state index is 12.0. The van der Waals surface area contributed by atoms with Gasteiger partial charge >= 0.3 is 0 Å². The van der Waals surface area contributed by atoms with Gasteiger partial charge in [-0.1, -0.05) is 29.8 Å². The summed E-state index contributed by atoms with van der Waals surface area (Å²) in [4.78, 5) is 13.2. The Morgan fingerprint density at radius 3 is 2.55 bits per heavy atom. The van der Waals surface area contributed by atoms with Crippen LogP contribution in [0.1, 0.15) is 15.9 Å². The van der Waals surface area contributed by atoms with Crippen molar-refractivity contribution in [2.75, 3.05) is 12.3 Å². The number of nitrogens with one attached hydrogen (secondary N) is 1. The molecule has 1 N–H and O–H groups in total. The molecule has 0 aliphatic rings. The summed E-state index contributed by atoms with van der Waals surface area (Å²) in [5.41, 5.74) is 2.01. The van der Waals surface area contributed by atoms with Crippen LogP contribution in [0.3, 0.4) is 0 Å². The number of rotatable bonds is 5. The zero-order chi connectivity index (χ0) is 14.4. The molecule has 2 aromatic carbocycles. The Bertz CT molecular complexity index is 583. The lowest BCUT2D eigenvalue weighted by Crippen LogP contribution is -2.26. The predicted molar refractivity (Wildman–Crippen MR) is 93.4 cm³/mol. The van der Waals surface area contributed by atoms with E-state index in [1.165, 1.54) is 10.5 Å². The van der Waals surface area contributed by atoms with Crippen molar-refractivity contribution in [1.82, 2.24) is 5.32 Å². The molecule has 0 heterocycles. The molecule has 2 rings (SSSR count). The van der Waals surface area contributed by atoms with Gasteiger partial charge in [-0.3, -0.25) is 4.79 Å². The lowest BCUT2D eigenvalue weighted by Gasteiger charge is -2.07. The smallest absolute Gasteiger partial charge is 0.252 e. The standard InChI is InChI=1S/C16H16INOS/c1-12-6-8-13(9-7-12)20-11-10-18-16(19)14-4-2-3-5-15(14)17/h2-9H,10-11H2,1H3,(H,18,19). The summed E-state index contributed by atoms with van der Waals surface area (Å²) in [6, 6.07) is 16.1. The van der Waals surface area contributed by atoms with Gasteiger partial charge in [0.05, 0.1) is 5.56 Å². The van der Waals surface area contributed by atoms with E-state index in [0.717, 1.165) is 14.9 Å². The van der Waals surface area contributed by atoms with Crippen LogP contribution in [0.5, 0.6) is 0 Å². The highest BCUT2D eigenvalue weighted by atomic mass is 127. The van der Waals surface area contributed by atoms with E-state index in [1.807, 2.05) is 24.3 Å². The van der Waals surface area contributed by atoms with Crippen LogP contribution in [0.25, 0.3) is 0 Å². The molecule has 0 aliphatic carbocycles. The number of hydrogen-bond acceptors (Lipinski definition) is 2. The van der Waals surface area contributed by atoms with Crippen LogP contribution >= 0.6 is 34.4 Å². The molecule has 2 aromatic rings. The molecule has 0 aromatic heterocycles. The van der Waals surface area contributed by atoms with E-state index < -0.39 is 0 Å². The number of amides is 1. The van der Waals surface area contributed by atoms with Gasteiger partial charge in [0.15, 0.2) is 0 Å². The Morgan fingerprint density at radius 1 is 1.15 bits per heavy atom. The Kier molecular flexibility index (Phi) is 5.91. The Balaban J connectivity index is 1.77. The number of thioether (sulfide) groups is 1. The zero-order valence-electron chi connectivity index (χ0n) is 11.2. The molecule has 0 saturated heterocycles. The third-order valence-corrected chi connectivity index (χ3v) is 4.75. The molecular weight excluding hydrogens is 381 g/mol. The average molecular weight is 397 g/mol. The summed E-state index contributed by atoms with van der Waals surface area (Å²) in [6.07, 6.45) is 0. The molecule has 0 fully saturated rings. The highest BCUT2D eigenvalue weighted by Gasteiger charge is 2.07. The molecule has 4 heteroatoms. The number of carbonyl (C=O) groups excluding carboxylic acids is 1. The molecule has 104 valence electrons. The molecular formula is C16H16INOS. The van der Waals surface area contributed by atoms with E-state index in [9.17, 15) is 4.79 Å². The van der Waals surface area contributed by atoms with Gasteiger partial charge in [-0.25, -0.2) is 0 Å². The highest BCUT2D eigenvalue weighted by molar-refractivity contribution is 14.1. The van der Waals surface area contributed by atoms with E-state index in [4.69, 9.17) is 0 Å². The largest absolute Gasteiger partial charge is 0.351 e. The lowest BCUT2D eigenvalue weighted by molar-refractivity contribution is 0.0955. The van der Waals surface area contributed by atoms with Crippen molar-refractivity contribution in [3.05, 3.63) is 63.2 Å². The summed E-state index contributed by atoms with van der Waals surface area (Å²) in [6.45, 7) is 2.75. The summed E-state index contributed by atoms with van der Waals surface area (Å²) in [5, 5.41) is 2.96. The molecule has 0 atom stereocenters. The molecule has 0 unspecified atom stereocenters. The van der Waals surface area contributed by atoms with Crippen LogP contribution in [0.15, 0.2) is 53.4 Å². The molecule has 1 amide bonds. The van der Waals surface area contributed by atoms with Crippen LogP contribution in [0.4, 0.5) is 0 Å². The molecule has 0 aliphatic heterocycles.